The minimum atomic E-state index is -0.955. The van der Waals surface area contributed by atoms with Gasteiger partial charge in [-0.25, -0.2) is 0 Å². The van der Waals surface area contributed by atoms with Gasteiger partial charge in [-0.05, 0) is 42.7 Å². The largest absolute Gasteiger partial charge is 0.493 e. The van der Waals surface area contributed by atoms with Gasteiger partial charge in [0.25, 0.3) is 0 Å². The molecule has 0 aliphatic carbocycles. The summed E-state index contributed by atoms with van der Waals surface area (Å²) in [5, 5.41) is 10.5. The summed E-state index contributed by atoms with van der Waals surface area (Å²) in [7, 11) is 3.10. The molecule has 10 nitrogen and oxygen atoms in total. The van der Waals surface area contributed by atoms with Crippen molar-refractivity contribution < 1.29 is 38.4 Å². The number of aliphatic carboxylic acids is 1. The van der Waals surface area contributed by atoms with Crippen molar-refractivity contribution in [2.45, 2.75) is 51.5 Å². The molecule has 2 aromatic carbocycles. The molecule has 10 heteroatoms. The van der Waals surface area contributed by atoms with Crippen LogP contribution in [0.4, 0.5) is 0 Å². The van der Waals surface area contributed by atoms with E-state index >= 15 is 0 Å². The first-order chi connectivity index (χ1) is 19.9. The van der Waals surface area contributed by atoms with E-state index in [1.165, 1.54) is 0 Å². The van der Waals surface area contributed by atoms with E-state index in [0.717, 1.165) is 31.2 Å². The van der Waals surface area contributed by atoms with Crippen LogP contribution in [0.5, 0.6) is 28.7 Å². The maximum Gasteiger partial charge on any atom is 0.308 e. The van der Waals surface area contributed by atoms with E-state index in [9.17, 15) is 14.7 Å². The number of carbonyl (C=O) groups excluding carboxylic acids is 1. The van der Waals surface area contributed by atoms with Gasteiger partial charge >= 0.3 is 5.97 Å². The summed E-state index contributed by atoms with van der Waals surface area (Å²) in [4.78, 5) is 30.4. The van der Waals surface area contributed by atoms with Crippen LogP contribution in [-0.2, 0) is 9.59 Å². The van der Waals surface area contributed by atoms with Crippen LogP contribution in [-0.4, -0.2) is 86.6 Å². The molecule has 4 rings (SSSR count). The average Bonchev–Trinajstić information content (AvgIpc) is 3.60. The number of hydrogen-bond donors (Lipinski definition) is 1. The second-order valence-corrected chi connectivity index (χ2v) is 10.5. The Labute approximate surface area is 242 Å². The molecule has 1 amide bonds. The van der Waals surface area contributed by atoms with Crippen LogP contribution in [0.25, 0.3) is 0 Å². The number of carboxylic acid groups (broad SMARTS) is 1. The topological polar surface area (TPSA) is 107 Å². The molecule has 1 fully saturated rings. The number of likely N-dealkylation sites (tertiary alicyclic amines) is 1. The summed E-state index contributed by atoms with van der Waals surface area (Å²) in [5.74, 6) is 0.356. The second-order valence-electron chi connectivity index (χ2n) is 10.5. The van der Waals surface area contributed by atoms with Crippen molar-refractivity contribution >= 4 is 11.9 Å². The van der Waals surface area contributed by atoms with Gasteiger partial charge in [-0.2, -0.15) is 0 Å². The van der Waals surface area contributed by atoms with Crippen LogP contribution in [0.1, 0.15) is 51.0 Å². The highest BCUT2D eigenvalue weighted by molar-refractivity contribution is 5.79. The quantitative estimate of drug-likeness (QED) is 0.333. The minimum absolute atomic E-state index is 0.00208. The van der Waals surface area contributed by atoms with E-state index < -0.39 is 23.8 Å². The fraction of sp³-hybridized carbons (Fsp3) is 0.548. The molecule has 0 saturated carbocycles. The van der Waals surface area contributed by atoms with Crippen molar-refractivity contribution in [3.8, 4) is 28.7 Å². The maximum atomic E-state index is 13.6. The molecule has 41 heavy (non-hydrogen) atoms. The molecule has 3 atom stereocenters. The van der Waals surface area contributed by atoms with Crippen LogP contribution in [0.3, 0.4) is 0 Å². The Balaban J connectivity index is 1.66. The van der Waals surface area contributed by atoms with Gasteiger partial charge in [0.15, 0.2) is 23.0 Å². The number of para-hydroxylation sites is 2. The number of benzene rings is 2. The van der Waals surface area contributed by atoms with Crippen molar-refractivity contribution in [3.63, 3.8) is 0 Å². The van der Waals surface area contributed by atoms with Gasteiger partial charge in [-0.3, -0.25) is 14.5 Å². The summed E-state index contributed by atoms with van der Waals surface area (Å²) in [5.41, 5.74) is 0.754. The number of ether oxygens (including phenoxy) is 5. The van der Waals surface area contributed by atoms with E-state index in [-0.39, 0.29) is 25.9 Å². The van der Waals surface area contributed by atoms with Crippen molar-refractivity contribution in [2.75, 3.05) is 53.8 Å². The zero-order valence-corrected chi connectivity index (χ0v) is 24.5. The van der Waals surface area contributed by atoms with E-state index in [2.05, 4.69) is 13.8 Å². The Morgan fingerprint density at radius 2 is 1.68 bits per heavy atom. The molecule has 0 radical (unpaired) electrons. The van der Waals surface area contributed by atoms with E-state index in [4.69, 9.17) is 23.7 Å². The molecule has 0 aromatic heterocycles. The molecule has 1 saturated heterocycles. The minimum Gasteiger partial charge on any atom is -0.493 e. The van der Waals surface area contributed by atoms with Crippen LogP contribution in [0.15, 0.2) is 36.4 Å². The van der Waals surface area contributed by atoms with Crippen LogP contribution < -0.4 is 23.7 Å². The summed E-state index contributed by atoms with van der Waals surface area (Å²) in [6, 6.07) is 10.3. The highest BCUT2D eigenvalue weighted by atomic mass is 16.7. The Hall–Kier alpha value is -3.66. The van der Waals surface area contributed by atoms with Gasteiger partial charge in [-0.1, -0.05) is 38.8 Å². The SMILES string of the molecule is CCCCN(CCCC)C(=O)CN1CC(c2cc(OC)c3c(c2)OCO3)C(C(=O)O)C1COc1ccccc1OC. The molecule has 2 aliphatic rings. The van der Waals surface area contributed by atoms with Gasteiger partial charge in [-0.15, -0.1) is 0 Å². The molecule has 0 spiro atoms. The molecule has 2 aliphatic heterocycles. The Morgan fingerprint density at radius 1 is 1.00 bits per heavy atom. The van der Waals surface area contributed by atoms with Crippen LogP contribution in [0.2, 0.25) is 0 Å². The third kappa shape index (κ3) is 6.98. The van der Waals surface area contributed by atoms with Crippen molar-refractivity contribution in [1.82, 2.24) is 9.80 Å². The monoisotopic (exact) mass is 570 g/mol. The molecular formula is C31H42N2O8. The first-order valence-electron chi connectivity index (χ1n) is 14.4. The lowest BCUT2D eigenvalue weighted by atomic mass is 9.85. The number of carboxylic acids is 1. The van der Waals surface area contributed by atoms with Crippen molar-refractivity contribution in [1.29, 1.82) is 0 Å². The number of carbonyl (C=O) groups is 2. The maximum absolute atomic E-state index is 13.6. The fourth-order valence-electron chi connectivity index (χ4n) is 5.65. The number of rotatable bonds is 15. The van der Waals surface area contributed by atoms with Crippen molar-refractivity contribution in [3.05, 3.63) is 42.0 Å². The van der Waals surface area contributed by atoms with E-state index in [0.29, 0.717) is 48.4 Å². The highest BCUT2D eigenvalue weighted by Crippen LogP contribution is 2.47. The molecule has 2 aromatic rings. The number of fused-ring (bicyclic) bond motifs is 1. The summed E-state index contributed by atoms with van der Waals surface area (Å²) in [6.45, 7) is 6.21. The third-order valence-electron chi connectivity index (χ3n) is 7.88. The lowest BCUT2D eigenvalue weighted by Gasteiger charge is -2.29. The lowest BCUT2D eigenvalue weighted by molar-refractivity contribution is -0.144. The Morgan fingerprint density at radius 3 is 2.32 bits per heavy atom. The smallest absolute Gasteiger partial charge is 0.308 e. The lowest BCUT2D eigenvalue weighted by Crippen LogP contribution is -2.46. The Kier molecular flexibility index (Phi) is 10.6. The van der Waals surface area contributed by atoms with Gasteiger partial charge in [0.05, 0.1) is 32.7 Å². The average molecular weight is 571 g/mol. The third-order valence-corrected chi connectivity index (χ3v) is 7.88. The first-order valence-corrected chi connectivity index (χ1v) is 14.4. The zero-order valence-electron chi connectivity index (χ0n) is 24.5. The van der Waals surface area contributed by atoms with Gasteiger partial charge < -0.3 is 33.7 Å². The molecule has 2 heterocycles. The normalized spacial score (nSPS) is 19.7. The standard InChI is InChI=1S/C31H42N2O8/c1-5-7-13-32(14-8-6-2)28(34)18-33-17-22(21-15-26(38-4)30-27(16-21)40-20-41-30)29(31(35)36)23(33)19-39-25-12-10-9-11-24(25)37-3/h9-12,15-16,22-23,29H,5-8,13-14,17-20H2,1-4H3,(H,35,36). The predicted molar refractivity (Wildman–Crippen MR) is 153 cm³/mol. The number of hydrogen-bond acceptors (Lipinski definition) is 8. The predicted octanol–water partition coefficient (Wildman–Crippen LogP) is 4.41. The van der Waals surface area contributed by atoms with Gasteiger partial charge in [0.2, 0.25) is 18.4 Å². The summed E-state index contributed by atoms with van der Waals surface area (Å²) >= 11 is 0. The number of unbranched alkanes of at least 4 members (excludes halogenated alkanes) is 2. The first kappa shape index (κ1) is 30.3. The highest BCUT2D eigenvalue weighted by Gasteiger charge is 2.48. The molecule has 1 N–H and O–H groups in total. The van der Waals surface area contributed by atoms with Gasteiger partial charge in [0, 0.05) is 25.6 Å². The van der Waals surface area contributed by atoms with Gasteiger partial charge in [0.1, 0.15) is 6.61 Å². The number of amides is 1. The van der Waals surface area contributed by atoms with Crippen LogP contribution in [0, 0.1) is 5.92 Å². The van der Waals surface area contributed by atoms with Crippen LogP contribution >= 0.6 is 0 Å². The Bertz CT molecular complexity index is 1180. The molecular weight excluding hydrogens is 528 g/mol. The zero-order chi connectivity index (χ0) is 29.4. The summed E-state index contributed by atoms with van der Waals surface area (Å²) in [6.07, 6.45) is 3.83. The van der Waals surface area contributed by atoms with E-state index in [1.807, 2.05) is 34.1 Å². The second kappa shape index (κ2) is 14.3. The van der Waals surface area contributed by atoms with Crippen molar-refractivity contribution in [2.24, 2.45) is 5.92 Å². The summed E-state index contributed by atoms with van der Waals surface area (Å²) < 4.78 is 28.3. The van der Waals surface area contributed by atoms with E-state index in [1.54, 1.807) is 26.4 Å². The number of methoxy groups -OCH3 is 2. The molecule has 3 unspecified atom stereocenters. The molecule has 0 bridgehead atoms. The number of nitrogens with zero attached hydrogens (tertiary/aromatic N) is 2. The molecule has 224 valence electrons. The fourth-order valence-corrected chi connectivity index (χ4v) is 5.65.